The average molecular weight is 882 g/mol. The van der Waals surface area contributed by atoms with Crippen molar-refractivity contribution in [1.82, 2.24) is 0 Å². The number of carboxylic acid groups (broad SMARTS) is 2. The second-order valence-electron chi connectivity index (χ2n) is 7.25. The third kappa shape index (κ3) is 7.89. The van der Waals surface area contributed by atoms with Gasteiger partial charge in [-0.1, -0.05) is 0 Å². The Hall–Kier alpha value is -2.21. The molecule has 0 spiro atoms. The normalized spacial score (nSPS) is 11.3. The Morgan fingerprint density at radius 2 is 0.833 bits per heavy atom. The monoisotopic (exact) mass is 884 g/mol. The second kappa shape index (κ2) is 12.4. The van der Waals surface area contributed by atoms with Gasteiger partial charge < -0.3 is 10.2 Å². The quantitative estimate of drug-likeness (QED) is 0.202. The molecule has 4 aromatic carbocycles. The summed E-state index contributed by atoms with van der Waals surface area (Å²) in [6.45, 7) is 0. The summed E-state index contributed by atoms with van der Waals surface area (Å²) in [4.78, 5) is 17.8. The Morgan fingerprint density at radius 3 is 1.11 bits per heavy atom. The predicted octanol–water partition coefficient (Wildman–Crippen LogP) is 5.27. The minimum atomic E-state index is -5.08. The van der Waals surface area contributed by atoms with Gasteiger partial charge in [0.05, 0.1) is 0 Å². The van der Waals surface area contributed by atoms with Crippen LogP contribution in [-0.4, -0.2) is 34.5 Å². The Labute approximate surface area is 232 Å². The Kier molecular flexibility index (Phi) is 10.3. The summed E-state index contributed by atoms with van der Waals surface area (Å²) in [7, 11) is 0. The Balaban J connectivity index is 0.000000271. The molecule has 180 valence electrons. The topological polar surface area (TPSA) is 74.6 Å². The molecule has 0 radical (unpaired) electrons. The molecule has 0 fully saturated rings. The SMILES string of the molecule is O=C(O)C(F)(F)F.O=C(O)C(F)(F)F.[Hg][c]1ccc2ccccc2c1-c1[c]([Hg])ccc2ccccc12. The van der Waals surface area contributed by atoms with Gasteiger partial charge in [-0.2, -0.15) is 26.3 Å². The zero-order valence-corrected chi connectivity index (χ0v) is 29.3. The summed E-state index contributed by atoms with van der Waals surface area (Å²) < 4.78 is 66.6. The number of carboxylic acids is 2. The number of alkyl halides is 6. The molecule has 0 aliphatic rings. The molecule has 2 N–H and O–H groups in total. The van der Waals surface area contributed by atoms with Gasteiger partial charge in [0.1, 0.15) is 0 Å². The van der Waals surface area contributed by atoms with Crippen LogP contribution in [0.1, 0.15) is 0 Å². The van der Waals surface area contributed by atoms with E-state index in [0.717, 1.165) is 0 Å². The number of rotatable bonds is 1. The van der Waals surface area contributed by atoms with Crippen molar-refractivity contribution in [3.05, 3.63) is 72.8 Å². The first-order chi connectivity index (χ1) is 16.6. The van der Waals surface area contributed by atoms with Gasteiger partial charge in [-0.25, -0.2) is 9.59 Å². The molecule has 0 unspecified atom stereocenters. The van der Waals surface area contributed by atoms with Gasteiger partial charge in [0, 0.05) is 0 Å². The van der Waals surface area contributed by atoms with E-state index in [1.54, 1.807) is 6.14 Å². The van der Waals surface area contributed by atoms with E-state index in [4.69, 9.17) is 19.8 Å². The van der Waals surface area contributed by atoms with Crippen LogP contribution in [0.5, 0.6) is 0 Å². The van der Waals surface area contributed by atoms with Crippen LogP contribution < -0.4 is 6.14 Å². The van der Waals surface area contributed by atoms with Crippen LogP contribution in [0.3, 0.4) is 0 Å². The third-order valence-electron chi connectivity index (χ3n) is 4.77. The fourth-order valence-corrected chi connectivity index (χ4v) is 7.00. The van der Waals surface area contributed by atoms with Gasteiger partial charge in [-0.05, 0) is 0 Å². The fourth-order valence-electron chi connectivity index (χ4n) is 3.22. The molecular weight excluding hydrogens is 867 g/mol. The van der Waals surface area contributed by atoms with Crippen molar-refractivity contribution < 1.29 is 98.4 Å². The van der Waals surface area contributed by atoms with Crippen LogP contribution in [0.25, 0.3) is 32.7 Å². The van der Waals surface area contributed by atoms with Crippen molar-refractivity contribution in [3.63, 3.8) is 0 Å². The van der Waals surface area contributed by atoms with Gasteiger partial charge in [0.2, 0.25) is 0 Å². The number of hydrogen-bond donors (Lipinski definition) is 2. The van der Waals surface area contributed by atoms with Gasteiger partial charge in [-0.15, -0.1) is 0 Å². The molecule has 0 aliphatic heterocycles. The van der Waals surface area contributed by atoms with Crippen molar-refractivity contribution in [2.45, 2.75) is 12.4 Å². The van der Waals surface area contributed by atoms with Gasteiger partial charge in [-0.3, -0.25) is 0 Å². The summed E-state index contributed by atoms with van der Waals surface area (Å²) in [6, 6.07) is 26.9. The molecule has 4 nitrogen and oxygen atoms in total. The average Bonchev–Trinajstić information content (AvgIpc) is 2.79. The number of halogens is 6. The molecule has 0 amide bonds. The zero-order valence-electron chi connectivity index (χ0n) is 18.3. The molecule has 0 atom stereocenters. The van der Waals surface area contributed by atoms with Crippen molar-refractivity contribution >= 4 is 39.6 Å². The first kappa shape index (κ1) is 30.0. The summed E-state index contributed by atoms with van der Waals surface area (Å²) in [6.07, 6.45) is -10.2. The zero-order chi connectivity index (χ0) is 27.3. The molecule has 0 bridgehead atoms. The van der Waals surface area contributed by atoms with Gasteiger partial charge in [0.15, 0.2) is 0 Å². The van der Waals surface area contributed by atoms with Crippen LogP contribution in [0.4, 0.5) is 26.3 Å². The van der Waals surface area contributed by atoms with E-state index in [9.17, 15) is 26.3 Å². The second-order valence-corrected chi connectivity index (χ2v) is 13.2. The van der Waals surface area contributed by atoms with Crippen LogP contribution in [-0.2, 0) is 61.8 Å². The Morgan fingerprint density at radius 1 is 0.556 bits per heavy atom. The number of hydrogen-bond acceptors (Lipinski definition) is 2. The van der Waals surface area contributed by atoms with E-state index >= 15 is 0 Å². The van der Waals surface area contributed by atoms with E-state index < -0.39 is 24.3 Å². The van der Waals surface area contributed by atoms with E-state index in [2.05, 4.69) is 72.8 Å². The summed E-state index contributed by atoms with van der Waals surface area (Å²) in [5.74, 6) is -5.51. The van der Waals surface area contributed by atoms with Crippen LogP contribution in [0.15, 0.2) is 72.8 Å². The van der Waals surface area contributed by atoms with Crippen molar-refractivity contribution in [2.75, 3.05) is 0 Å². The molecule has 0 aromatic heterocycles. The van der Waals surface area contributed by atoms with Crippen LogP contribution >= 0.6 is 0 Å². The summed E-state index contributed by atoms with van der Waals surface area (Å²) >= 11 is 1.22. The van der Waals surface area contributed by atoms with Crippen molar-refractivity contribution in [1.29, 1.82) is 0 Å². The third-order valence-corrected chi connectivity index (χ3v) is 9.35. The fraction of sp³-hybridized carbons (Fsp3) is 0.0833. The van der Waals surface area contributed by atoms with E-state index in [-0.39, 0.29) is 0 Å². The maximum absolute atomic E-state index is 10.6. The number of benzene rings is 4. The molecule has 0 saturated carbocycles. The standard InChI is InChI=1S/C20H12.2C2HF3O2.2Hg/c1-3-11-17-15(7-1)9-5-13-19(17)20-14-6-10-16-8-2-4-12-18(16)20;2*3-2(4,5)1(6)7;;/h1-12H;2*(H,6,7);;. The number of fused-ring (bicyclic) bond motifs is 2. The molecule has 0 aliphatic carbocycles. The van der Waals surface area contributed by atoms with E-state index in [0.29, 0.717) is 52.2 Å². The predicted molar refractivity (Wildman–Crippen MR) is 114 cm³/mol. The molecule has 4 rings (SSSR count). The van der Waals surface area contributed by atoms with E-state index in [1.807, 2.05) is 0 Å². The molecule has 0 heterocycles. The maximum atomic E-state index is 10.6. The number of carbonyl (C=O) groups is 2. The minimum absolute atomic E-state index is 0.612. The van der Waals surface area contributed by atoms with Crippen LogP contribution in [0.2, 0.25) is 0 Å². The van der Waals surface area contributed by atoms with Gasteiger partial charge in [0.25, 0.3) is 0 Å². The molecular formula is C24H14F6Hg2O4. The van der Waals surface area contributed by atoms with Crippen molar-refractivity contribution in [2.24, 2.45) is 0 Å². The van der Waals surface area contributed by atoms with Crippen molar-refractivity contribution in [3.8, 4) is 11.1 Å². The molecule has 4 aromatic rings. The first-order valence-corrected chi connectivity index (χ1v) is 15.4. The van der Waals surface area contributed by atoms with Crippen LogP contribution in [0, 0.1) is 0 Å². The molecule has 36 heavy (non-hydrogen) atoms. The first-order valence-electron chi connectivity index (χ1n) is 9.92. The summed E-state index contributed by atoms with van der Waals surface area (Å²) in [5, 5.41) is 19.8. The summed E-state index contributed by atoms with van der Waals surface area (Å²) in [5.41, 5.74) is 3.01. The number of aliphatic carboxylic acids is 2. The van der Waals surface area contributed by atoms with Gasteiger partial charge >= 0.3 is 188 Å². The Bertz CT molecular complexity index is 1290. The van der Waals surface area contributed by atoms with E-state index in [1.165, 1.54) is 32.7 Å². The molecule has 0 saturated heterocycles. The molecule has 12 heteroatoms.